The number of hydrogen-bond acceptors (Lipinski definition) is 6. The summed E-state index contributed by atoms with van der Waals surface area (Å²) in [6.45, 7) is 4.28. The van der Waals surface area contributed by atoms with Crippen molar-refractivity contribution in [3.63, 3.8) is 0 Å². The van der Waals surface area contributed by atoms with Gasteiger partial charge in [0.2, 0.25) is 5.88 Å². The molecule has 2 heterocycles. The summed E-state index contributed by atoms with van der Waals surface area (Å²) < 4.78 is 36.4. The first kappa shape index (κ1) is 15.7. The van der Waals surface area contributed by atoms with Crippen molar-refractivity contribution in [2.75, 3.05) is 33.8 Å². The number of methoxy groups -OCH3 is 1. The Morgan fingerprint density at radius 1 is 1.50 bits per heavy atom. The topological polar surface area (TPSA) is 62.7 Å². The number of ether oxygens (including phenoxy) is 1. The molecule has 0 radical (unpaired) electrons. The van der Waals surface area contributed by atoms with Crippen LogP contribution in [0.5, 0.6) is 5.88 Å². The zero-order valence-corrected chi connectivity index (χ0v) is 13.7. The van der Waals surface area contributed by atoms with Crippen molar-refractivity contribution in [2.24, 2.45) is 0 Å². The fraction of sp³-hybridized carbons (Fsp3) is 0.750. The average molecular weight is 319 g/mol. The summed E-state index contributed by atoms with van der Waals surface area (Å²) in [5.74, 6) is 0.355. The van der Waals surface area contributed by atoms with E-state index in [1.807, 2.05) is 14.0 Å². The zero-order chi connectivity index (χ0) is 14.8. The third-order valence-corrected chi connectivity index (χ3v) is 6.71. The van der Waals surface area contributed by atoms with Gasteiger partial charge in [-0.25, -0.2) is 8.42 Å². The van der Waals surface area contributed by atoms with E-state index in [4.69, 9.17) is 4.74 Å². The molecule has 1 saturated heterocycles. The molecule has 0 aromatic carbocycles. The Hall–Kier alpha value is -0.700. The molecule has 0 aliphatic carbocycles. The number of hydrogen-bond donors (Lipinski definition) is 0. The minimum atomic E-state index is -3.48. The number of rotatable bonds is 4. The first-order valence-electron chi connectivity index (χ1n) is 6.70. The van der Waals surface area contributed by atoms with Gasteiger partial charge in [-0.05, 0) is 38.0 Å². The summed E-state index contributed by atoms with van der Waals surface area (Å²) in [5, 5.41) is 0. The van der Waals surface area contributed by atoms with Crippen LogP contribution in [0.2, 0.25) is 0 Å². The van der Waals surface area contributed by atoms with Crippen molar-refractivity contribution < 1.29 is 13.2 Å². The average Bonchev–Trinajstić information content (AvgIpc) is 2.83. The molecule has 0 spiro atoms. The smallest absolute Gasteiger partial charge is 0.254 e. The van der Waals surface area contributed by atoms with Crippen molar-refractivity contribution in [3.8, 4) is 5.88 Å². The van der Waals surface area contributed by atoms with Gasteiger partial charge in [-0.3, -0.25) is 0 Å². The van der Waals surface area contributed by atoms with Crippen molar-refractivity contribution in [1.82, 2.24) is 13.6 Å². The third-order valence-electron chi connectivity index (χ3n) is 3.56. The molecule has 114 valence electrons. The van der Waals surface area contributed by atoms with Crippen molar-refractivity contribution in [2.45, 2.75) is 30.0 Å². The van der Waals surface area contributed by atoms with Crippen molar-refractivity contribution >= 4 is 21.6 Å². The predicted octanol–water partition coefficient (Wildman–Crippen LogP) is 1.26. The summed E-state index contributed by atoms with van der Waals surface area (Å²) in [6, 6.07) is 1.52. The van der Waals surface area contributed by atoms with Crippen LogP contribution in [0.15, 0.2) is 10.3 Å². The monoisotopic (exact) mass is 319 g/mol. The van der Waals surface area contributed by atoms with E-state index in [-0.39, 0.29) is 10.3 Å². The van der Waals surface area contributed by atoms with Gasteiger partial charge in [0.1, 0.15) is 0 Å². The van der Waals surface area contributed by atoms with Crippen LogP contribution >= 0.6 is 11.5 Å². The minimum absolute atomic E-state index is 0.0144. The summed E-state index contributed by atoms with van der Waals surface area (Å²) in [7, 11) is 0.0469. The molecule has 6 nitrogen and oxygen atoms in total. The molecule has 1 aromatic rings. The first-order valence-corrected chi connectivity index (χ1v) is 8.91. The number of nitrogens with zero attached hydrogens (tertiary/aromatic N) is 3. The van der Waals surface area contributed by atoms with Crippen LogP contribution in [0.4, 0.5) is 0 Å². The molecule has 1 atom stereocenters. The lowest BCUT2D eigenvalue weighted by Crippen LogP contribution is -2.43. The number of likely N-dealkylation sites (N-methyl/N-ethyl adjacent to an activating group) is 1. The van der Waals surface area contributed by atoms with Gasteiger partial charge < -0.3 is 9.64 Å². The molecule has 0 saturated carbocycles. The Balaban J connectivity index is 2.30. The molecular weight excluding hydrogens is 298 g/mol. The second-order valence-electron chi connectivity index (χ2n) is 4.98. The molecule has 0 amide bonds. The minimum Gasteiger partial charge on any atom is -0.480 e. The summed E-state index contributed by atoms with van der Waals surface area (Å²) in [4.78, 5) is 2.19. The second kappa shape index (κ2) is 6.38. The highest BCUT2D eigenvalue weighted by Gasteiger charge is 2.34. The Morgan fingerprint density at radius 2 is 2.25 bits per heavy atom. The SMILES string of the molecule is CCC1CN(C)CCCN1S(=O)(=O)c1cc(OC)ns1. The van der Waals surface area contributed by atoms with Crippen LogP contribution in [0, 0.1) is 0 Å². The molecule has 2 rings (SSSR count). The van der Waals surface area contributed by atoms with Crippen LogP contribution in [-0.2, 0) is 10.0 Å². The van der Waals surface area contributed by atoms with Crippen molar-refractivity contribution in [3.05, 3.63) is 6.07 Å². The van der Waals surface area contributed by atoms with Crippen LogP contribution in [0.25, 0.3) is 0 Å². The Labute approximate surface area is 124 Å². The van der Waals surface area contributed by atoms with Crippen LogP contribution in [-0.4, -0.2) is 61.8 Å². The highest BCUT2D eigenvalue weighted by molar-refractivity contribution is 7.91. The molecule has 0 N–H and O–H groups in total. The lowest BCUT2D eigenvalue weighted by molar-refractivity contribution is 0.270. The van der Waals surface area contributed by atoms with E-state index in [0.717, 1.165) is 37.5 Å². The maximum Gasteiger partial charge on any atom is 0.254 e. The molecule has 1 unspecified atom stereocenters. The van der Waals surface area contributed by atoms with Gasteiger partial charge in [0.15, 0.2) is 4.21 Å². The van der Waals surface area contributed by atoms with E-state index in [9.17, 15) is 8.42 Å². The quantitative estimate of drug-likeness (QED) is 0.836. The second-order valence-corrected chi connectivity index (χ2v) is 7.90. The molecule has 0 bridgehead atoms. The van der Waals surface area contributed by atoms with E-state index >= 15 is 0 Å². The molecule has 1 fully saturated rings. The van der Waals surface area contributed by atoms with Crippen LogP contribution in [0.3, 0.4) is 0 Å². The Bertz CT molecular complexity index is 544. The molecule has 20 heavy (non-hydrogen) atoms. The summed E-state index contributed by atoms with van der Waals surface area (Å²) in [5.41, 5.74) is 0. The molecule has 1 aliphatic rings. The molecule has 8 heteroatoms. The summed E-state index contributed by atoms with van der Waals surface area (Å²) >= 11 is 0.977. The maximum atomic E-state index is 12.8. The summed E-state index contributed by atoms with van der Waals surface area (Å²) in [6.07, 6.45) is 1.65. The fourth-order valence-corrected chi connectivity index (χ4v) is 5.14. The van der Waals surface area contributed by atoms with Crippen molar-refractivity contribution in [1.29, 1.82) is 0 Å². The van der Waals surface area contributed by atoms with E-state index in [0.29, 0.717) is 12.4 Å². The van der Waals surface area contributed by atoms with Gasteiger partial charge in [0.25, 0.3) is 10.0 Å². The normalized spacial score (nSPS) is 22.6. The van der Waals surface area contributed by atoms with Gasteiger partial charge in [-0.15, -0.1) is 0 Å². The Kier molecular flexibility index (Phi) is 5.00. The van der Waals surface area contributed by atoms with Gasteiger partial charge >= 0.3 is 0 Å². The van der Waals surface area contributed by atoms with E-state index in [1.54, 1.807) is 4.31 Å². The maximum absolute atomic E-state index is 12.8. The van der Waals surface area contributed by atoms with Gasteiger partial charge in [0, 0.05) is 25.2 Å². The standard InChI is InChI=1S/C12H21N3O3S2/c1-4-10-9-14(2)6-5-7-15(10)20(16,17)12-8-11(18-3)13-19-12/h8,10H,4-7,9H2,1-3H3. The van der Waals surface area contributed by atoms with Gasteiger partial charge in [-0.2, -0.15) is 8.68 Å². The third kappa shape index (κ3) is 3.13. The highest BCUT2D eigenvalue weighted by Crippen LogP contribution is 2.28. The number of sulfonamides is 1. The fourth-order valence-electron chi connectivity index (χ4n) is 2.45. The predicted molar refractivity (Wildman–Crippen MR) is 78.8 cm³/mol. The van der Waals surface area contributed by atoms with E-state index in [1.165, 1.54) is 13.2 Å². The largest absolute Gasteiger partial charge is 0.480 e. The lowest BCUT2D eigenvalue weighted by Gasteiger charge is -2.28. The Morgan fingerprint density at radius 3 is 2.85 bits per heavy atom. The van der Waals surface area contributed by atoms with Gasteiger partial charge in [0.05, 0.1) is 7.11 Å². The van der Waals surface area contributed by atoms with Crippen LogP contribution < -0.4 is 4.74 Å². The molecular formula is C12H21N3O3S2. The highest BCUT2D eigenvalue weighted by atomic mass is 32.2. The lowest BCUT2D eigenvalue weighted by atomic mass is 10.2. The molecule has 1 aromatic heterocycles. The first-order chi connectivity index (χ1) is 9.48. The number of aromatic nitrogens is 1. The van der Waals surface area contributed by atoms with Gasteiger partial charge in [-0.1, -0.05) is 6.92 Å². The van der Waals surface area contributed by atoms with Crippen LogP contribution in [0.1, 0.15) is 19.8 Å². The van der Waals surface area contributed by atoms with E-state index in [2.05, 4.69) is 9.27 Å². The zero-order valence-electron chi connectivity index (χ0n) is 12.1. The molecule has 1 aliphatic heterocycles. The van der Waals surface area contributed by atoms with E-state index < -0.39 is 10.0 Å².